The van der Waals surface area contributed by atoms with E-state index in [2.05, 4.69) is 28.4 Å². The van der Waals surface area contributed by atoms with Gasteiger partial charge < -0.3 is 14.8 Å². The van der Waals surface area contributed by atoms with Crippen molar-refractivity contribution in [3.05, 3.63) is 59.7 Å². The van der Waals surface area contributed by atoms with Crippen molar-refractivity contribution < 1.29 is 14.3 Å². The molecule has 2 aromatic rings. The lowest BCUT2D eigenvalue weighted by atomic mass is 10.0. The van der Waals surface area contributed by atoms with Crippen molar-refractivity contribution in [2.45, 2.75) is 38.8 Å². The Bertz CT molecular complexity index is 757. The number of nitrogens with zero attached hydrogens (tertiary/aromatic N) is 1. The van der Waals surface area contributed by atoms with Crippen LogP contribution >= 0.6 is 0 Å². The van der Waals surface area contributed by atoms with E-state index in [-0.39, 0.29) is 5.91 Å². The summed E-state index contributed by atoms with van der Waals surface area (Å²) in [5.41, 5.74) is 2.49. The molecule has 1 aliphatic heterocycles. The van der Waals surface area contributed by atoms with E-state index in [1.165, 1.54) is 43.5 Å². The molecule has 5 heteroatoms. The molecule has 0 aliphatic carbocycles. The summed E-state index contributed by atoms with van der Waals surface area (Å²) in [7, 11) is 1.61. The highest BCUT2D eigenvalue weighted by molar-refractivity contribution is 5.76. The van der Waals surface area contributed by atoms with Crippen molar-refractivity contribution in [1.29, 1.82) is 0 Å². The van der Waals surface area contributed by atoms with Gasteiger partial charge in [-0.15, -0.1) is 0 Å². The number of rotatable bonds is 9. The Labute approximate surface area is 167 Å². The van der Waals surface area contributed by atoms with Gasteiger partial charge in [-0.3, -0.25) is 9.69 Å². The van der Waals surface area contributed by atoms with Crippen LogP contribution < -0.4 is 14.8 Å². The molecule has 1 heterocycles. The second kappa shape index (κ2) is 10.7. The van der Waals surface area contributed by atoms with E-state index >= 15 is 0 Å². The highest BCUT2D eigenvalue weighted by Crippen LogP contribution is 2.25. The number of benzene rings is 2. The molecule has 0 atom stereocenters. The largest absolute Gasteiger partial charge is 0.493 e. The van der Waals surface area contributed by atoms with Crippen LogP contribution in [0.1, 0.15) is 36.8 Å². The van der Waals surface area contributed by atoms with E-state index in [1.807, 2.05) is 30.3 Å². The first-order valence-corrected chi connectivity index (χ1v) is 10.1. The average molecular weight is 383 g/mol. The molecule has 3 rings (SSSR count). The Balaban J connectivity index is 1.45. The Morgan fingerprint density at radius 3 is 2.39 bits per heavy atom. The molecule has 5 nitrogen and oxygen atoms in total. The van der Waals surface area contributed by atoms with Gasteiger partial charge in [-0.25, -0.2) is 0 Å². The summed E-state index contributed by atoms with van der Waals surface area (Å²) in [5.74, 6) is 1.32. The van der Waals surface area contributed by atoms with Gasteiger partial charge in [0.25, 0.3) is 0 Å². The van der Waals surface area contributed by atoms with Crippen molar-refractivity contribution in [2.24, 2.45) is 0 Å². The van der Waals surface area contributed by atoms with Gasteiger partial charge in [0.15, 0.2) is 11.5 Å². The maximum absolute atomic E-state index is 12.2. The lowest BCUT2D eigenvalue weighted by Crippen LogP contribution is -2.30. The van der Waals surface area contributed by atoms with Crippen LogP contribution in [-0.4, -0.2) is 37.6 Å². The molecule has 1 saturated heterocycles. The van der Waals surface area contributed by atoms with Crippen LogP contribution in [0.3, 0.4) is 0 Å². The first-order valence-electron chi connectivity index (χ1n) is 10.1. The Hall–Kier alpha value is -2.53. The molecule has 0 saturated carbocycles. The number of methoxy groups -OCH3 is 1. The smallest absolute Gasteiger partial charge is 0.223 e. The molecule has 1 aliphatic rings. The summed E-state index contributed by atoms with van der Waals surface area (Å²) in [5, 5.41) is 3.02. The zero-order valence-electron chi connectivity index (χ0n) is 16.7. The van der Waals surface area contributed by atoms with Gasteiger partial charge in [-0.2, -0.15) is 0 Å². The average Bonchev–Trinajstić information content (AvgIpc) is 2.74. The van der Waals surface area contributed by atoms with E-state index < -0.39 is 0 Å². The molecule has 150 valence electrons. The molecular weight excluding hydrogens is 352 g/mol. The van der Waals surface area contributed by atoms with Crippen molar-refractivity contribution in [3.8, 4) is 11.5 Å². The summed E-state index contributed by atoms with van der Waals surface area (Å²) in [6, 6.07) is 15.8. The van der Waals surface area contributed by atoms with Crippen LogP contribution in [0.2, 0.25) is 0 Å². The first kappa shape index (κ1) is 20.2. The summed E-state index contributed by atoms with van der Waals surface area (Å²) < 4.78 is 10.9. The molecule has 0 radical (unpaired) electrons. The molecule has 0 aromatic heterocycles. The number of likely N-dealkylation sites (tertiary alicyclic amines) is 1. The van der Waals surface area contributed by atoms with Crippen LogP contribution in [0.25, 0.3) is 0 Å². The maximum Gasteiger partial charge on any atom is 0.223 e. The van der Waals surface area contributed by atoms with Gasteiger partial charge in [0.05, 0.1) is 20.1 Å². The van der Waals surface area contributed by atoms with Crippen LogP contribution in [0.5, 0.6) is 11.5 Å². The number of hydrogen-bond acceptors (Lipinski definition) is 4. The van der Waals surface area contributed by atoms with Gasteiger partial charge >= 0.3 is 0 Å². The zero-order chi connectivity index (χ0) is 19.6. The number of amides is 1. The molecule has 1 N–H and O–H groups in total. The normalized spacial score (nSPS) is 14.5. The number of ether oxygens (including phenoxy) is 2. The Morgan fingerprint density at radius 1 is 0.964 bits per heavy atom. The van der Waals surface area contributed by atoms with Gasteiger partial charge in [-0.1, -0.05) is 42.8 Å². The summed E-state index contributed by atoms with van der Waals surface area (Å²) in [6.07, 6.45) is 4.22. The predicted molar refractivity (Wildman–Crippen MR) is 111 cm³/mol. The number of hydrogen-bond donors (Lipinski definition) is 1. The van der Waals surface area contributed by atoms with Gasteiger partial charge in [0, 0.05) is 13.1 Å². The molecule has 1 amide bonds. The predicted octanol–water partition coefficient (Wildman–Crippen LogP) is 3.77. The van der Waals surface area contributed by atoms with E-state index in [1.54, 1.807) is 7.11 Å². The number of carbonyl (C=O) groups excluding carboxylic acids is 1. The lowest BCUT2D eigenvalue weighted by molar-refractivity contribution is -0.121. The summed E-state index contributed by atoms with van der Waals surface area (Å²) in [6.45, 7) is 4.17. The third kappa shape index (κ3) is 5.99. The molecular formula is C23H30N2O3. The highest BCUT2D eigenvalue weighted by atomic mass is 16.5. The topological polar surface area (TPSA) is 50.8 Å². The standard InChI is InChI=1S/C23H30N2O3/c1-27-21-11-5-6-12-22(21)28-16-13-23(26)24-17-19-9-3-4-10-20(19)18-25-14-7-2-8-15-25/h3-6,9-12H,2,7-8,13-18H2,1H3,(H,24,26). The monoisotopic (exact) mass is 382 g/mol. The molecule has 28 heavy (non-hydrogen) atoms. The summed E-state index contributed by atoms with van der Waals surface area (Å²) in [4.78, 5) is 14.7. The molecule has 0 spiro atoms. The minimum Gasteiger partial charge on any atom is -0.493 e. The lowest BCUT2D eigenvalue weighted by Gasteiger charge is -2.27. The second-order valence-corrected chi connectivity index (χ2v) is 7.13. The van der Waals surface area contributed by atoms with E-state index in [9.17, 15) is 4.79 Å². The second-order valence-electron chi connectivity index (χ2n) is 7.13. The van der Waals surface area contributed by atoms with E-state index in [0.29, 0.717) is 31.1 Å². The van der Waals surface area contributed by atoms with Crippen LogP contribution in [0, 0.1) is 0 Å². The fourth-order valence-corrected chi connectivity index (χ4v) is 3.52. The van der Waals surface area contributed by atoms with Gasteiger partial charge in [-0.05, 0) is 49.2 Å². The van der Waals surface area contributed by atoms with Crippen molar-refractivity contribution >= 4 is 5.91 Å². The quantitative estimate of drug-likeness (QED) is 0.717. The van der Waals surface area contributed by atoms with Gasteiger partial charge in [0.2, 0.25) is 5.91 Å². The van der Waals surface area contributed by atoms with Crippen LogP contribution in [-0.2, 0) is 17.9 Å². The number of nitrogens with one attached hydrogen (secondary N) is 1. The molecule has 2 aromatic carbocycles. The fourth-order valence-electron chi connectivity index (χ4n) is 3.52. The van der Waals surface area contributed by atoms with Crippen LogP contribution in [0.15, 0.2) is 48.5 Å². The van der Waals surface area contributed by atoms with Gasteiger partial charge in [0.1, 0.15) is 0 Å². The molecule has 0 unspecified atom stereocenters. The van der Waals surface area contributed by atoms with Crippen molar-refractivity contribution in [1.82, 2.24) is 10.2 Å². The van der Waals surface area contributed by atoms with Crippen molar-refractivity contribution in [3.63, 3.8) is 0 Å². The number of carbonyl (C=O) groups is 1. The SMILES string of the molecule is COc1ccccc1OCCC(=O)NCc1ccccc1CN1CCCCC1. The zero-order valence-corrected chi connectivity index (χ0v) is 16.7. The number of piperidine rings is 1. The highest BCUT2D eigenvalue weighted by Gasteiger charge is 2.13. The Morgan fingerprint density at radius 2 is 1.64 bits per heavy atom. The van der Waals surface area contributed by atoms with Crippen LogP contribution in [0.4, 0.5) is 0 Å². The minimum absolute atomic E-state index is 0.0114. The Kier molecular flexibility index (Phi) is 7.73. The maximum atomic E-state index is 12.2. The third-order valence-electron chi connectivity index (χ3n) is 5.09. The first-order chi connectivity index (χ1) is 13.8. The minimum atomic E-state index is -0.0114. The van der Waals surface area contributed by atoms with Crippen molar-refractivity contribution in [2.75, 3.05) is 26.8 Å². The van der Waals surface area contributed by atoms with E-state index in [4.69, 9.17) is 9.47 Å². The molecule has 1 fully saturated rings. The molecule has 0 bridgehead atoms. The number of para-hydroxylation sites is 2. The third-order valence-corrected chi connectivity index (χ3v) is 5.09. The fraction of sp³-hybridized carbons (Fsp3) is 0.435. The summed E-state index contributed by atoms with van der Waals surface area (Å²) >= 11 is 0. The van der Waals surface area contributed by atoms with E-state index in [0.717, 1.165) is 6.54 Å².